The van der Waals surface area contributed by atoms with Crippen LogP contribution in [0.25, 0.3) is 0 Å². The molecule has 1 aliphatic heterocycles. The third-order valence-electron chi connectivity index (χ3n) is 3.49. The molecule has 2 rings (SSSR count). The van der Waals surface area contributed by atoms with E-state index in [0.717, 1.165) is 17.8 Å². The number of esters is 1. The molecule has 1 saturated heterocycles. The van der Waals surface area contributed by atoms with Crippen LogP contribution in [-0.2, 0) is 14.3 Å². The predicted octanol–water partition coefficient (Wildman–Crippen LogP) is 1.29. The molecule has 2 atom stereocenters. The number of hydrogen-bond donors (Lipinski definition) is 1. The third kappa shape index (κ3) is 4.56. The van der Waals surface area contributed by atoms with Crippen LogP contribution in [0.3, 0.4) is 0 Å². The predicted molar refractivity (Wildman–Crippen MR) is 82.7 cm³/mol. The van der Waals surface area contributed by atoms with E-state index >= 15 is 0 Å². The van der Waals surface area contributed by atoms with Gasteiger partial charge in [0, 0.05) is 24.8 Å². The van der Waals surface area contributed by atoms with Gasteiger partial charge in [-0.3, -0.25) is 9.78 Å². The Morgan fingerprint density at radius 3 is 3.05 bits per heavy atom. The van der Waals surface area contributed by atoms with Crippen LogP contribution in [-0.4, -0.2) is 43.9 Å². The molecule has 6 nitrogen and oxygen atoms in total. The highest BCUT2D eigenvalue weighted by Gasteiger charge is 2.20. The van der Waals surface area contributed by atoms with Crippen molar-refractivity contribution in [3.05, 3.63) is 24.0 Å². The van der Waals surface area contributed by atoms with Crippen molar-refractivity contribution < 1.29 is 14.3 Å². The number of anilines is 1. The molecule has 21 heavy (non-hydrogen) atoms. The largest absolute Gasteiger partial charge is 0.469 e. The van der Waals surface area contributed by atoms with Gasteiger partial charge in [0.1, 0.15) is 0 Å². The number of ether oxygens (including phenoxy) is 2. The van der Waals surface area contributed by atoms with E-state index in [9.17, 15) is 4.79 Å². The summed E-state index contributed by atoms with van der Waals surface area (Å²) in [6.07, 6.45) is 3.67. The SMILES string of the molecule is COC(=O)CC(N)c1cncc(N2CCOC[C@@H]2C)c1.Cl. The Morgan fingerprint density at radius 2 is 2.38 bits per heavy atom. The minimum absolute atomic E-state index is 0. The van der Waals surface area contributed by atoms with E-state index in [4.69, 9.17) is 10.5 Å². The number of halogens is 1. The van der Waals surface area contributed by atoms with Crippen LogP contribution >= 0.6 is 12.4 Å². The van der Waals surface area contributed by atoms with Gasteiger partial charge in [-0.1, -0.05) is 0 Å². The zero-order valence-electron chi connectivity index (χ0n) is 12.3. The van der Waals surface area contributed by atoms with Crippen molar-refractivity contribution >= 4 is 24.1 Å². The summed E-state index contributed by atoms with van der Waals surface area (Å²) in [4.78, 5) is 17.8. The molecule has 0 spiro atoms. The third-order valence-corrected chi connectivity index (χ3v) is 3.49. The highest BCUT2D eigenvalue weighted by atomic mass is 35.5. The molecule has 0 bridgehead atoms. The lowest BCUT2D eigenvalue weighted by atomic mass is 10.1. The first-order valence-corrected chi connectivity index (χ1v) is 6.73. The second-order valence-electron chi connectivity index (χ2n) is 4.98. The second-order valence-corrected chi connectivity index (χ2v) is 4.98. The highest BCUT2D eigenvalue weighted by molar-refractivity contribution is 5.85. The van der Waals surface area contributed by atoms with E-state index < -0.39 is 6.04 Å². The number of hydrogen-bond acceptors (Lipinski definition) is 6. The number of carbonyl (C=O) groups excluding carboxylic acids is 1. The maximum absolute atomic E-state index is 11.3. The van der Waals surface area contributed by atoms with E-state index in [2.05, 4.69) is 21.5 Å². The fraction of sp³-hybridized carbons (Fsp3) is 0.571. The Kier molecular flexibility index (Phi) is 6.87. The molecule has 0 aliphatic carbocycles. The minimum atomic E-state index is -0.397. The number of rotatable bonds is 4. The van der Waals surface area contributed by atoms with Crippen LogP contribution in [0.1, 0.15) is 24.9 Å². The zero-order chi connectivity index (χ0) is 14.5. The van der Waals surface area contributed by atoms with Gasteiger partial charge in [-0.25, -0.2) is 0 Å². The molecule has 0 aromatic carbocycles. The molecule has 7 heteroatoms. The van der Waals surface area contributed by atoms with Crippen molar-refractivity contribution in [1.82, 2.24) is 4.98 Å². The lowest BCUT2D eigenvalue weighted by Gasteiger charge is -2.35. The first-order chi connectivity index (χ1) is 9.61. The van der Waals surface area contributed by atoms with Gasteiger partial charge >= 0.3 is 5.97 Å². The summed E-state index contributed by atoms with van der Waals surface area (Å²) in [5, 5.41) is 0. The number of aromatic nitrogens is 1. The summed E-state index contributed by atoms with van der Waals surface area (Å²) in [5.41, 5.74) is 7.87. The molecule has 1 aromatic heterocycles. The monoisotopic (exact) mass is 315 g/mol. The Morgan fingerprint density at radius 1 is 1.62 bits per heavy atom. The summed E-state index contributed by atoms with van der Waals surface area (Å²) in [6.45, 7) is 4.36. The summed E-state index contributed by atoms with van der Waals surface area (Å²) in [6, 6.07) is 1.89. The van der Waals surface area contributed by atoms with Gasteiger partial charge in [-0.15, -0.1) is 12.4 Å². The molecular formula is C14H22ClN3O3. The Labute approximate surface area is 131 Å². The number of methoxy groups -OCH3 is 1. The zero-order valence-corrected chi connectivity index (χ0v) is 13.1. The van der Waals surface area contributed by atoms with Crippen molar-refractivity contribution in [2.75, 3.05) is 31.8 Å². The Hall–Kier alpha value is -1.37. The topological polar surface area (TPSA) is 77.7 Å². The lowest BCUT2D eigenvalue weighted by Crippen LogP contribution is -2.43. The average Bonchev–Trinajstić information content (AvgIpc) is 2.47. The minimum Gasteiger partial charge on any atom is -0.469 e. The molecule has 2 heterocycles. The smallest absolute Gasteiger partial charge is 0.307 e. The van der Waals surface area contributed by atoms with Gasteiger partial charge in [0.15, 0.2) is 0 Å². The molecule has 0 amide bonds. The number of nitrogens with two attached hydrogens (primary N) is 1. The highest BCUT2D eigenvalue weighted by Crippen LogP contribution is 2.23. The fourth-order valence-electron chi connectivity index (χ4n) is 2.30. The molecule has 2 N–H and O–H groups in total. The number of morpholine rings is 1. The van der Waals surface area contributed by atoms with Crippen LogP contribution in [0.5, 0.6) is 0 Å². The standard InChI is InChI=1S/C14H21N3O3.ClH/c1-10-9-20-4-3-17(10)12-5-11(7-16-8-12)13(15)6-14(18)19-2;/h5,7-8,10,13H,3-4,6,9,15H2,1-2H3;1H/t10-,13?;/m0./s1. The van der Waals surface area contributed by atoms with Gasteiger partial charge < -0.3 is 20.1 Å². The van der Waals surface area contributed by atoms with Crippen LogP contribution in [0.15, 0.2) is 18.5 Å². The Balaban J connectivity index is 0.00000220. The van der Waals surface area contributed by atoms with Crippen LogP contribution in [0.2, 0.25) is 0 Å². The van der Waals surface area contributed by atoms with Gasteiger partial charge in [0.2, 0.25) is 0 Å². The van der Waals surface area contributed by atoms with Gasteiger partial charge in [-0.05, 0) is 18.6 Å². The summed E-state index contributed by atoms with van der Waals surface area (Å²) >= 11 is 0. The van der Waals surface area contributed by atoms with Crippen molar-refractivity contribution in [2.24, 2.45) is 5.73 Å². The Bertz CT molecular complexity index is 473. The molecule has 0 radical (unpaired) electrons. The molecule has 1 fully saturated rings. The van der Waals surface area contributed by atoms with Crippen molar-refractivity contribution in [2.45, 2.75) is 25.4 Å². The van der Waals surface area contributed by atoms with E-state index in [1.54, 1.807) is 6.20 Å². The number of nitrogens with zero attached hydrogens (tertiary/aromatic N) is 2. The van der Waals surface area contributed by atoms with Gasteiger partial charge in [0.05, 0.1) is 38.6 Å². The van der Waals surface area contributed by atoms with Crippen LogP contribution < -0.4 is 10.6 Å². The van der Waals surface area contributed by atoms with Crippen molar-refractivity contribution in [1.29, 1.82) is 0 Å². The maximum Gasteiger partial charge on any atom is 0.307 e. The van der Waals surface area contributed by atoms with Crippen molar-refractivity contribution in [3.8, 4) is 0 Å². The van der Waals surface area contributed by atoms with Gasteiger partial charge in [-0.2, -0.15) is 0 Å². The van der Waals surface area contributed by atoms with Crippen LogP contribution in [0.4, 0.5) is 5.69 Å². The average molecular weight is 316 g/mol. The summed E-state index contributed by atoms with van der Waals surface area (Å²) < 4.78 is 10.1. The quantitative estimate of drug-likeness (QED) is 0.844. The normalized spacial score (nSPS) is 19.6. The van der Waals surface area contributed by atoms with E-state index in [1.807, 2.05) is 12.3 Å². The molecule has 0 saturated carbocycles. The van der Waals surface area contributed by atoms with E-state index in [0.29, 0.717) is 19.3 Å². The molecule has 118 valence electrons. The second kappa shape index (κ2) is 8.17. The summed E-state index contributed by atoms with van der Waals surface area (Å²) in [7, 11) is 1.36. The number of pyridine rings is 1. The van der Waals surface area contributed by atoms with Crippen molar-refractivity contribution in [3.63, 3.8) is 0 Å². The first kappa shape index (κ1) is 17.7. The molecule has 1 aliphatic rings. The molecule has 1 aromatic rings. The fourth-order valence-corrected chi connectivity index (χ4v) is 2.30. The van der Waals surface area contributed by atoms with E-state index in [-0.39, 0.29) is 24.8 Å². The van der Waals surface area contributed by atoms with E-state index in [1.165, 1.54) is 7.11 Å². The summed E-state index contributed by atoms with van der Waals surface area (Å²) in [5.74, 6) is -0.317. The maximum atomic E-state index is 11.3. The molecular weight excluding hydrogens is 294 g/mol. The number of carbonyl (C=O) groups is 1. The molecule has 1 unspecified atom stereocenters. The van der Waals surface area contributed by atoms with Crippen LogP contribution in [0, 0.1) is 0 Å². The lowest BCUT2D eigenvalue weighted by molar-refractivity contribution is -0.141. The van der Waals surface area contributed by atoms with Gasteiger partial charge in [0.25, 0.3) is 0 Å². The first-order valence-electron chi connectivity index (χ1n) is 6.73.